The van der Waals surface area contributed by atoms with Gasteiger partial charge in [-0.25, -0.2) is 9.50 Å². The first-order chi connectivity index (χ1) is 9.45. The highest BCUT2D eigenvalue weighted by molar-refractivity contribution is 5.93. The predicted octanol–water partition coefficient (Wildman–Crippen LogP) is 2.05. The van der Waals surface area contributed by atoms with Crippen LogP contribution in [-0.4, -0.2) is 32.7 Å². The van der Waals surface area contributed by atoms with Gasteiger partial charge in [-0.15, -0.1) is 5.10 Å². The molecular formula is C14H20N4O2. The first kappa shape index (κ1) is 14.3. The van der Waals surface area contributed by atoms with Gasteiger partial charge in [0.15, 0.2) is 5.65 Å². The molecule has 108 valence electrons. The minimum atomic E-state index is -0.253. The highest BCUT2D eigenvalue weighted by atomic mass is 16.5. The highest BCUT2D eigenvalue weighted by Gasteiger charge is 2.20. The van der Waals surface area contributed by atoms with E-state index in [2.05, 4.69) is 15.4 Å². The Morgan fingerprint density at radius 1 is 1.40 bits per heavy atom. The minimum Gasteiger partial charge on any atom is -0.477 e. The quantitative estimate of drug-likeness (QED) is 0.907. The summed E-state index contributed by atoms with van der Waals surface area (Å²) in [6.45, 7) is 8.43. The van der Waals surface area contributed by atoms with Crippen LogP contribution in [-0.2, 0) is 0 Å². The second-order valence-corrected chi connectivity index (χ2v) is 5.23. The van der Waals surface area contributed by atoms with E-state index in [1.807, 2.05) is 27.7 Å². The molecule has 2 aromatic rings. The molecule has 0 saturated carbocycles. The van der Waals surface area contributed by atoms with Gasteiger partial charge in [0.2, 0.25) is 5.88 Å². The van der Waals surface area contributed by atoms with Crippen molar-refractivity contribution >= 4 is 11.6 Å². The topological polar surface area (TPSA) is 68.5 Å². The average molecular weight is 276 g/mol. The number of imidazole rings is 1. The van der Waals surface area contributed by atoms with Crippen molar-refractivity contribution in [1.29, 1.82) is 0 Å². The van der Waals surface area contributed by atoms with E-state index in [0.29, 0.717) is 23.8 Å². The molecule has 2 rings (SSSR count). The molecule has 0 bridgehead atoms. The summed E-state index contributed by atoms with van der Waals surface area (Å²) in [5, 5.41) is 7.19. The number of hydrogen-bond acceptors (Lipinski definition) is 4. The van der Waals surface area contributed by atoms with Gasteiger partial charge in [-0.2, -0.15) is 0 Å². The third kappa shape index (κ3) is 3.07. The number of nitrogens with one attached hydrogen (secondary N) is 1. The average Bonchev–Trinajstić information content (AvgIpc) is 2.82. The van der Waals surface area contributed by atoms with Crippen LogP contribution in [0.2, 0.25) is 0 Å². The fraction of sp³-hybridized carbons (Fsp3) is 0.500. The zero-order valence-corrected chi connectivity index (χ0v) is 12.3. The Balaban J connectivity index is 2.25. The van der Waals surface area contributed by atoms with Crippen molar-refractivity contribution in [1.82, 2.24) is 19.9 Å². The molecular weight excluding hydrogens is 256 g/mol. The van der Waals surface area contributed by atoms with Crippen molar-refractivity contribution in [3.63, 3.8) is 0 Å². The van der Waals surface area contributed by atoms with Crippen LogP contribution >= 0.6 is 0 Å². The summed E-state index contributed by atoms with van der Waals surface area (Å²) in [4.78, 5) is 16.4. The molecule has 0 aliphatic rings. The Hall–Kier alpha value is -2.11. The van der Waals surface area contributed by atoms with Gasteiger partial charge in [0.1, 0.15) is 5.69 Å². The molecule has 6 nitrogen and oxygen atoms in total. The van der Waals surface area contributed by atoms with Gasteiger partial charge in [0.05, 0.1) is 12.8 Å². The number of fused-ring (bicyclic) bond motifs is 1. The summed E-state index contributed by atoms with van der Waals surface area (Å²) in [6.07, 6.45) is 2.46. The molecule has 2 aromatic heterocycles. The Bertz CT molecular complexity index is 619. The molecule has 20 heavy (non-hydrogen) atoms. The molecule has 1 N–H and O–H groups in total. The van der Waals surface area contributed by atoms with E-state index in [1.165, 1.54) is 0 Å². The summed E-state index contributed by atoms with van der Waals surface area (Å²) in [6, 6.07) is 3.52. The van der Waals surface area contributed by atoms with Crippen LogP contribution in [0, 0.1) is 0 Å². The number of carbonyl (C=O) groups excluding carboxylic acids is 1. The van der Waals surface area contributed by atoms with Crippen LogP contribution in [0.1, 0.15) is 44.6 Å². The zero-order valence-electron chi connectivity index (χ0n) is 12.3. The van der Waals surface area contributed by atoms with Crippen LogP contribution < -0.4 is 10.1 Å². The largest absolute Gasteiger partial charge is 0.477 e. The fourth-order valence-electron chi connectivity index (χ4n) is 1.66. The first-order valence-electron chi connectivity index (χ1n) is 6.77. The first-order valence-corrected chi connectivity index (χ1v) is 6.77. The van der Waals surface area contributed by atoms with Crippen molar-refractivity contribution in [3.05, 3.63) is 24.0 Å². The van der Waals surface area contributed by atoms with E-state index >= 15 is 0 Å². The number of hydrogen-bond donors (Lipinski definition) is 1. The minimum absolute atomic E-state index is 0.194. The molecule has 0 radical (unpaired) electrons. The number of nitrogens with zero attached hydrogens (tertiary/aromatic N) is 3. The lowest BCUT2D eigenvalue weighted by atomic mass is 10.0. The van der Waals surface area contributed by atoms with Crippen molar-refractivity contribution in [2.24, 2.45) is 0 Å². The van der Waals surface area contributed by atoms with Gasteiger partial charge in [-0.1, -0.05) is 6.92 Å². The Labute approximate surface area is 118 Å². The highest BCUT2D eigenvalue weighted by Crippen LogP contribution is 2.12. The van der Waals surface area contributed by atoms with E-state index in [0.717, 1.165) is 6.42 Å². The molecule has 0 saturated heterocycles. The van der Waals surface area contributed by atoms with Gasteiger partial charge in [-0.3, -0.25) is 4.79 Å². The summed E-state index contributed by atoms with van der Waals surface area (Å²) in [5.74, 6) is 0.318. The smallest absolute Gasteiger partial charge is 0.271 e. The molecule has 2 heterocycles. The van der Waals surface area contributed by atoms with Crippen LogP contribution in [0.15, 0.2) is 18.3 Å². The molecule has 0 fully saturated rings. The maximum Gasteiger partial charge on any atom is 0.271 e. The van der Waals surface area contributed by atoms with E-state index in [9.17, 15) is 4.79 Å². The molecule has 0 aliphatic carbocycles. The Morgan fingerprint density at radius 3 is 2.80 bits per heavy atom. The Morgan fingerprint density at radius 2 is 2.15 bits per heavy atom. The number of carbonyl (C=O) groups is 1. The van der Waals surface area contributed by atoms with Gasteiger partial charge in [0.25, 0.3) is 5.91 Å². The maximum atomic E-state index is 12.2. The molecule has 6 heteroatoms. The fourth-order valence-corrected chi connectivity index (χ4v) is 1.66. The van der Waals surface area contributed by atoms with Crippen LogP contribution in [0.25, 0.3) is 5.65 Å². The standard InChI is InChI=1S/C14H20N4O2/c1-5-14(3,4)16-13(19)10-9-18-11(15-10)7-8-12(17-18)20-6-2/h7-9H,5-6H2,1-4H3,(H,16,19). The summed E-state index contributed by atoms with van der Waals surface area (Å²) in [5.41, 5.74) is 0.720. The van der Waals surface area contributed by atoms with Crippen LogP contribution in [0.4, 0.5) is 0 Å². The molecule has 1 amide bonds. The van der Waals surface area contributed by atoms with Gasteiger partial charge >= 0.3 is 0 Å². The molecule has 0 atom stereocenters. The monoisotopic (exact) mass is 276 g/mol. The van der Waals surface area contributed by atoms with Crippen molar-refractivity contribution < 1.29 is 9.53 Å². The lowest BCUT2D eigenvalue weighted by molar-refractivity contribution is 0.0906. The maximum absolute atomic E-state index is 12.2. The summed E-state index contributed by atoms with van der Waals surface area (Å²) in [7, 11) is 0. The third-order valence-electron chi connectivity index (χ3n) is 3.16. The molecule has 0 spiro atoms. The summed E-state index contributed by atoms with van der Waals surface area (Å²) >= 11 is 0. The van der Waals surface area contributed by atoms with E-state index in [-0.39, 0.29) is 11.4 Å². The number of ether oxygens (including phenoxy) is 1. The van der Waals surface area contributed by atoms with E-state index in [4.69, 9.17) is 4.74 Å². The van der Waals surface area contributed by atoms with E-state index < -0.39 is 0 Å². The molecule has 0 aromatic carbocycles. The predicted molar refractivity (Wildman–Crippen MR) is 76.0 cm³/mol. The lowest BCUT2D eigenvalue weighted by Crippen LogP contribution is -2.42. The van der Waals surface area contributed by atoms with Crippen LogP contribution in [0.3, 0.4) is 0 Å². The van der Waals surface area contributed by atoms with Crippen molar-refractivity contribution in [2.75, 3.05) is 6.61 Å². The molecule has 0 aliphatic heterocycles. The van der Waals surface area contributed by atoms with Gasteiger partial charge in [-0.05, 0) is 33.3 Å². The van der Waals surface area contributed by atoms with Crippen molar-refractivity contribution in [3.8, 4) is 5.88 Å². The lowest BCUT2D eigenvalue weighted by Gasteiger charge is -2.23. The normalized spacial score (nSPS) is 11.6. The van der Waals surface area contributed by atoms with Gasteiger partial charge < -0.3 is 10.1 Å². The molecule has 0 unspecified atom stereocenters. The second kappa shape index (κ2) is 5.48. The SMILES string of the molecule is CCOc1ccc2nc(C(=O)NC(C)(C)CC)cn2n1. The van der Waals surface area contributed by atoms with Gasteiger partial charge in [0, 0.05) is 11.6 Å². The Kier molecular flexibility index (Phi) is 3.92. The number of amides is 1. The third-order valence-corrected chi connectivity index (χ3v) is 3.16. The van der Waals surface area contributed by atoms with E-state index in [1.54, 1.807) is 22.8 Å². The second-order valence-electron chi connectivity index (χ2n) is 5.23. The van der Waals surface area contributed by atoms with Crippen LogP contribution in [0.5, 0.6) is 5.88 Å². The van der Waals surface area contributed by atoms with Crippen molar-refractivity contribution in [2.45, 2.75) is 39.7 Å². The summed E-state index contributed by atoms with van der Waals surface area (Å²) < 4.78 is 6.88. The zero-order chi connectivity index (χ0) is 14.8. The number of rotatable bonds is 5. The number of aromatic nitrogens is 3.